The Morgan fingerprint density at radius 2 is 1.25 bits per heavy atom. The van der Waals surface area contributed by atoms with E-state index in [0.29, 0.717) is 12.3 Å². The minimum absolute atomic E-state index is 0.0173. The summed E-state index contributed by atoms with van der Waals surface area (Å²) in [6.07, 6.45) is -2.09. The fourth-order valence-electron chi connectivity index (χ4n) is 6.37. The van der Waals surface area contributed by atoms with Crippen LogP contribution in [0.15, 0.2) is 0 Å². The first kappa shape index (κ1) is 39.4. The molecule has 1 saturated carbocycles. The molecule has 0 radical (unpaired) electrons. The molecule has 6 rings (SSSR count). The SMILES string of the molecule is CC.CC.CC(C)C1OC2C(O)COC(O)C2O1.CC1CC2C(O)OCC(O)C2O1.O=CCC1CC2OCC(O)C(O)C2C1. The van der Waals surface area contributed by atoms with Crippen molar-refractivity contribution in [2.45, 2.75) is 148 Å². The normalized spacial score (nSPS) is 45.4. The lowest BCUT2D eigenvalue weighted by Crippen LogP contribution is -2.51. The van der Waals surface area contributed by atoms with Crippen LogP contribution in [-0.2, 0) is 33.2 Å². The number of hydrogen-bond acceptors (Lipinski definition) is 13. The molecule has 260 valence electrons. The first-order valence-corrected chi connectivity index (χ1v) is 16.3. The third-order valence-electron chi connectivity index (χ3n) is 8.54. The van der Waals surface area contributed by atoms with Gasteiger partial charge in [-0.15, -0.1) is 0 Å². The summed E-state index contributed by atoms with van der Waals surface area (Å²) < 4.78 is 31.8. The second kappa shape index (κ2) is 19.1. The van der Waals surface area contributed by atoms with E-state index in [4.69, 9.17) is 28.4 Å². The van der Waals surface area contributed by atoms with E-state index in [1.807, 2.05) is 48.5 Å². The van der Waals surface area contributed by atoms with Crippen LogP contribution in [0.2, 0.25) is 0 Å². The lowest BCUT2D eigenvalue weighted by Gasteiger charge is -2.34. The van der Waals surface area contributed by atoms with Crippen LogP contribution >= 0.6 is 0 Å². The molecule has 0 amide bonds. The van der Waals surface area contributed by atoms with Crippen LogP contribution < -0.4 is 0 Å². The second-order valence-electron chi connectivity index (χ2n) is 12.0. The number of aliphatic hydroxyl groups is 6. The summed E-state index contributed by atoms with van der Waals surface area (Å²) in [5, 5.41) is 57.0. The van der Waals surface area contributed by atoms with E-state index in [-0.39, 0.29) is 62.2 Å². The molecule has 0 aromatic carbocycles. The van der Waals surface area contributed by atoms with Crippen LogP contribution in [0.3, 0.4) is 0 Å². The van der Waals surface area contributed by atoms with Crippen molar-refractivity contribution >= 4 is 6.29 Å². The van der Waals surface area contributed by atoms with Crippen molar-refractivity contribution in [1.82, 2.24) is 0 Å². The van der Waals surface area contributed by atoms with Crippen LogP contribution in [0.25, 0.3) is 0 Å². The van der Waals surface area contributed by atoms with Gasteiger partial charge in [-0.05, 0) is 32.1 Å². The van der Waals surface area contributed by atoms with E-state index >= 15 is 0 Å². The molecule has 0 aromatic heterocycles. The maximum atomic E-state index is 10.4. The average molecular weight is 639 g/mol. The Hall–Kier alpha value is -0.810. The third-order valence-corrected chi connectivity index (χ3v) is 8.54. The number of hydrogen-bond donors (Lipinski definition) is 6. The van der Waals surface area contributed by atoms with Gasteiger partial charge < -0.3 is 63.9 Å². The molecule has 0 spiro atoms. The Balaban J connectivity index is 0.000000218. The van der Waals surface area contributed by atoms with Crippen LogP contribution in [0.5, 0.6) is 0 Å². The summed E-state index contributed by atoms with van der Waals surface area (Å²) in [7, 11) is 0. The van der Waals surface area contributed by atoms with Crippen LogP contribution in [-0.4, -0.2) is 131 Å². The molecule has 0 bridgehead atoms. The van der Waals surface area contributed by atoms with E-state index in [9.17, 15) is 35.4 Å². The summed E-state index contributed by atoms with van der Waals surface area (Å²) in [6, 6.07) is 0. The molecule has 6 fully saturated rings. The van der Waals surface area contributed by atoms with E-state index in [1.54, 1.807) is 0 Å². The summed E-state index contributed by atoms with van der Waals surface area (Å²) in [5.74, 6) is 0.481. The molecule has 13 heteroatoms. The molecule has 44 heavy (non-hydrogen) atoms. The summed E-state index contributed by atoms with van der Waals surface area (Å²) in [4.78, 5) is 10.4. The molecule has 5 saturated heterocycles. The monoisotopic (exact) mass is 638 g/mol. The Kier molecular flexibility index (Phi) is 17.1. The highest BCUT2D eigenvalue weighted by atomic mass is 16.8. The average Bonchev–Trinajstić information content (AvgIpc) is 3.76. The first-order valence-electron chi connectivity index (χ1n) is 16.3. The van der Waals surface area contributed by atoms with E-state index in [0.717, 1.165) is 25.5 Å². The number of carbonyl (C=O) groups is 1. The van der Waals surface area contributed by atoms with Crippen molar-refractivity contribution in [2.24, 2.45) is 23.7 Å². The predicted octanol–water partition coefficient (Wildman–Crippen LogP) is 0.726. The minimum atomic E-state index is -0.993. The zero-order chi connectivity index (χ0) is 33.1. The van der Waals surface area contributed by atoms with Crippen molar-refractivity contribution in [2.75, 3.05) is 19.8 Å². The number of rotatable bonds is 3. The summed E-state index contributed by atoms with van der Waals surface area (Å²) in [6.45, 7) is 14.3. The summed E-state index contributed by atoms with van der Waals surface area (Å²) >= 11 is 0. The fraction of sp³-hybridized carbons (Fsp3) is 0.968. The number of aliphatic hydroxyl groups excluding tert-OH is 6. The smallest absolute Gasteiger partial charge is 0.184 e. The van der Waals surface area contributed by atoms with Gasteiger partial charge in [-0.3, -0.25) is 0 Å². The van der Waals surface area contributed by atoms with Gasteiger partial charge in [0.25, 0.3) is 0 Å². The Morgan fingerprint density at radius 1 is 0.682 bits per heavy atom. The zero-order valence-electron chi connectivity index (χ0n) is 27.3. The van der Waals surface area contributed by atoms with Gasteiger partial charge >= 0.3 is 0 Å². The van der Waals surface area contributed by atoms with E-state index < -0.39 is 49.2 Å². The molecule has 5 aliphatic heterocycles. The van der Waals surface area contributed by atoms with Crippen molar-refractivity contribution in [3.05, 3.63) is 0 Å². The second-order valence-corrected chi connectivity index (χ2v) is 12.0. The third kappa shape index (κ3) is 10.1. The molecule has 1 aliphatic carbocycles. The number of aldehydes is 1. The molecule has 6 aliphatic rings. The Labute approximate surface area is 261 Å². The lowest BCUT2D eigenvalue weighted by molar-refractivity contribution is -0.223. The van der Waals surface area contributed by atoms with Gasteiger partial charge in [-0.25, -0.2) is 0 Å². The molecule has 13 nitrogen and oxygen atoms in total. The summed E-state index contributed by atoms with van der Waals surface area (Å²) in [5.41, 5.74) is 0. The number of carbonyl (C=O) groups excluding carboxylic acids is 1. The van der Waals surface area contributed by atoms with Gasteiger partial charge in [0, 0.05) is 24.2 Å². The number of ether oxygens (including phenoxy) is 6. The van der Waals surface area contributed by atoms with E-state index in [1.165, 1.54) is 0 Å². The van der Waals surface area contributed by atoms with Crippen LogP contribution in [0.4, 0.5) is 0 Å². The van der Waals surface area contributed by atoms with Crippen molar-refractivity contribution < 1.29 is 63.9 Å². The maximum Gasteiger partial charge on any atom is 0.184 e. The predicted molar refractivity (Wildman–Crippen MR) is 158 cm³/mol. The first-order chi connectivity index (χ1) is 21.0. The van der Waals surface area contributed by atoms with Gasteiger partial charge in [-0.2, -0.15) is 0 Å². The van der Waals surface area contributed by atoms with Crippen LogP contribution in [0, 0.1) is 23.7 Å². The molecule has 0 aromatic rings. The molecule has 15 atom stereocenters. The van der Waals surface area contributed by atoms with Crippen molar-refractivity contribution in [3.63, 3.8) is 0 Å². The Morgan fingerprint density at radius 3 is 1.82 bits per heavy atom. The lowest BCUT2D eigenvalue weighted by atomic mass is 9.91. The van der Waals surface area contributed by atoms with Gasteiger partial charge in [0.15, 0.2) is 18.9 Å². The molecule has 15 unspecified atom stereocenters. The minimum Gasteiger partial charge on any atom is -0.390 e. The van der Waals surface area contributed by atoms with Crippen molar-refractivity contribution in [3.8, 4) is 0 Å². The maximum absolute atomic E-state index is 10.4. The molecular weight excluding hydrogens is 580 g/mol. The van der Waals surface area contributed by atoms with Crippen molar-refractivity contribution in [1.29, 1.82) is 0 Å². The van der Waals surface area contributed by atoms with Gasteiger partial charge in [0.05, 0.1) is 44.2 Å². The standard InChI is InChI=1S/C10H16O4.C9H16O5.C8H14O4.2C2H6/c11-2-1-6-3-7-9(4-6)14-5-8(12)10(7)13;1-4(2)9-13-6-5(10)3-12-8(11)7(6)14-9;1-4-2-5-7(12-4)6(9)3-11-8(5)10;2*1-2/h2,6-10,12-13H,1,3-5H2;4-11H,3H2,1-2H3;4-10H,2-3H2,1H3;2*1-2H3. The van der Waals surface area contributed by atoms with Gasteiger partial charge in [0.2, 0.25) is 0 Å². The van der Waals surface area contributed by atoms with Gasteiger partial charge in [-0.1, -0.05) is 41.5 Å². The quantitative estimate of drug-likeness (QED) is 0.237. The Bertz CT molecular complexity index is 767. The highest BCUT2D eigenvalue weighted by molar-refractivity contribution is 5.49. The molecular formula is C31H58O13. The molecule has 6 N–H and O–H groups in total. The fourth-order valence-corrected chi connectivity index (χ4v) is 6.37. The van der Waals surface area contributed by atoms with Crippen LogP contribution in [0.1, 0.15) is 74.1 Å². The highest BCUT2D eigenvalue weighted by Crippen LogP contribution is 2.40. The van der Waals surface area contributed by atoms with E-state index in [2.05, 4.69) is 0 Å². The molecule has 5 heterocycles. The number of fused-ring (bicyclic) bond motifs is 3. The highest BCUT2D eigenvalue weighted by Gasteiger charge is 2.49. The topological polar surface area (TPSA) is 194 Å². The zero-order valence-corrected chi connectivity index (χ0v) is 27.3. The van der Waals surface area contributed by atoms with Gasteiger partial charge in [0.1, 0.15) is 36.8 Å². The largest absolute Gasteiger partial charge is 0.390 e.